The standard InChI is InChI=1S/C22H22N4O2/c1-16-20(15-24-26(16)19-6-3-2-4-7-19)22(28)23-14-17-9-11-18(12-10-17)25-13-5-8-21(25)27/h2-4,6-7,9-12,15H,5,8,13-14H2,1H3,(H,23,28). The summed E-state index contributed by atoms with van der Waals surface area (Å²) in [7, 11) is 0. The zero-order chi connectivity index (χ0) is 19.5. The molecule has 1 saturated heterocycles. The fourth-order valence-corrected chi connectivity index (χ4v) is 3.45. The molecule has 1 aromatic heterocycles. The Morgan fingerprint density at radius 1 is 1.07 bits per heavy atom. The van der Waals surface area contributed by atoms with Crippen LogP contribution in [0.25, 0.3) is 5.69 Å². The van der Waals surface area contributed by atoms with Crippen molar-refractivity contribution in [3.05, 3.63) is 77.6 Å². The molecule has 6 nitrogen and oxygen atoms in total. The second kappa shape index (κ2) is 7.68. The van der Waals surface area contributed by atoms with E-state index in [0.717, 1.165) is 35.6 Å². The third-order valence-corrected chi connectivity index (χ3v) is 5.03. The van der Waals surface area contributed by atoms with Crippen LogP contribution >= 0.6 is 0 Å². The van der Waals surface area contributed by atoms with Crippen molar-refractivity contribution in [3.63, 3.8) is 0 Å². The maximum Gasteiger partial charge on any atom is 0.255 e. The molecular weight excluding hydrogens is 352 g/mol. The highest BCUT2D eigenvalue weighted by Gasteiger charge is 2.21. The Morgan fingerprint density at radius 2 is 1.82 bits per heavy atom. The molecule has 0 bridgehead atoms. The lowest BCUT2D eigenvalue weighted by atomic mass is 10.2. The minimum Gasteiger partial charge on any atom is -0.348 e. The maximum absolute atomic E-state index is 12.6. The highest BCUT2D eigenvalue weighted by Crippen LogP contribution is 2.21. The second-order valence-electron chi connectivity index (χ2n) is 6.89. The first kappa shape index (κ1) is 18.0. The summed E-state index contributed by atoms with van der Waals surface area (Å²) >= 11 is 0. The number of hydrogen-bond acceptors (Lipinski definition) is 3. The van der Waals surface area contributed by atoms with E-state index in [4.69, 9.17) is 0 Å². The van der Waals surface area contributed by atoms with Gasteiger partial charge in [0.15, 0.2) is 0 Å². The molecular formula is C22H22N4O2. The van der Waals surface area contributed by atoms with Crippen LogP contribution in [0.15, 0.2) is 60.8 Å². The first-order valence-corrected chi connectivity index (χ1v) is 9.41. The van der Waals surface area contributed by atoms with E-state index in [1.807, 2.05) is 66.4 Å². The lowest BCUT2D eigenvalue weighted by Crippen LogP contribution is -2.24. The summed E-state index contributed by atoms with van der Waals surface area (Å²) < 4.78 is 1.76. The van der Waals surface area contributed by atoms with Crippen molar-refractivity contribution in [3.8, 4) is 5.69 Å². The van der Waals surface area contributed by atoms with Crippen molar-refractivity contribution in [2.24, 2.45) is 0 Å². The summed E-state index contributed by atoms with van der Waals surface area (Å²) in [4.78, 5) is 26.2. The number of anilines is 1. The average molecular weight is 374 g/mol. The molecule has 3 aromatic rings. The number of para-hydroxylation sites is 1. The molecule has 0 spiro atoms. The average Bonchev–Trinajstić information content (AvgIpc) is 3.33. The van der Waals surface area contributed by atoms with Crippen LogP contribution in [0.5, 0.6) is 0 Å². The highest BCUT2D eigenvalue weighted by molar-refractivity contribution is 5.96. The van der Waals surface area contributed by atoms with Crippen LogP contribution in [0.3, 0.4) is 0 Å². The Bertz CT molecular complexity index is 993. The molecule has 0 saturated carbocycles. The van der Waals surface area contributed by atoms with Gasteiger partial charge < -0.3 is 10.2 Å². The zero-order valence-corrected chi connectivity index (χ0v) is 15.8. The van der Waals surface area contributed by atoms with E-state index in [-0.39, 0.29) is 11.8 Å². The van der Waals surface area contributed by atoms with Gasteiger partial charge in [0, 0.05) is 25.2 Å². The molecule has 4 rings (SSSR count). The Labute approximate surface area is 163 Å². The van der Waals surface area contributed by atoms with Crippen LogP contribution in [0, 0.1) is 6.92 Å². The van der Waals surface area contributed by atoms with Crippen LogP contribution in [-0.4, -0.2) is 28.1 Å². The summed E-state index contributed by atoms with van der Waals surface area (Å²) in [5.74, 6) is 0.0189. The molecule has 1 N–H and O–H groups in total. The molecule has 0 aliphatic carbocycles. The largest absolute Gasteiger partial charge is 0.348 e. The molecule has 142 valence electrons. The molecule has 0 atom stereocenters. The lowest BCUT2D eigenvalue weighted by molar-refractivity contribution is -0.117. The van der Waals surface area contributed by atoms with Crippen LogP contribution in [0.4, 0.5) is 5.69 Å². The summed E-state index contributed by atoms with van der Waals surface area (Å²) in [6.45, 7) is 3.08. The van der Waals surface area contributed by atoms with E-state index in [0.29, 0.717) is 18.5 Å². The van der Waals surface area contributed by atoms with E-state index in [9.17, 15) is 9.59 Å². The minimum atomic E-state index is -0.154. The normalized spacial score (nSPS) is 13.8. The highest BCUT2D eigenvalue weighted by atomic mass is 16.2. The Kier molecular flexibility index (Phi) is 4.93. The number of carbonyl (C=O) groups excluding carboxylic acids is 2. The smallest absolute Gasteiger partial charge is 0.255 e. The number of amides is 2. The molecule has 0 radical (unpaired) electrons. The van der Waals surface area contributed by atoms with Crippen LogP contribution in [-0.2, 0) is 11.3 Å². The van der Waals surface area contributed by atoms with Crippen molar-refractivity contribution in [1.82, 2.24) is 15.1 Å². The van der Waals surface area contributed by atoms with Crippen molar-refractivity contribution >= 4 is 17.5 Å². The van der Waals surface area contributed by atoms with Gasteiger partial charge in [-0.15, -0.1) is 0 Å². The number of hydrogen-bond donors (Lipinski definition) is 1. The summed E-state index contributed by atoms with van der Waals surface area (Å²) in [6.07, 6.45) is 3.13. The van der Waals surface area contributed by atoms with Crippen LogP contribution in [0.1, 0.15) is 34.5 Å². The second-order valence-corrected chi connectivity index (χ2v) is 6.89. The predicted octanol–water partition coefficient (Wildman–Crippen LogP) is 3.24. The van der Waals surface area contributed by atoms with Crippen LogP contribution in [0.2, 0.25) is 0 Å². The number of nitrogens with zero attached hydrogens (tertiary/aromatic N) is 3. The van der Waals surface area contributed by atoms with Gasteiger partial charge in [0.2, 0.25) is 5.91 Å². The fourth-order valence-electron chi connectivity index (χ4n) is 3.45. The van der Waals surface area contributed by atoms with Gasteiger partial charge in [0.1, 0.15) is 0 Å². The summed E-state index contributed by atoms with van der Waals surface area (Å²) in [5, 5.41) is 7.29. The van der Waals surface area contributed by atoms with E-state index < -0.39 is 0 Å². The van der Waals surface area contributed by atoms with Crippen molar-refractivity contribution in [2.75, 3.05) is 11.4 Å². The van der Waals surface area contributed by atoms with Gasteiger partial charge in [-0.2, -0.15) is 5.10 Å². The first-order valence-electron chi connectivity index (χ1n) is 9.41. The number of aromatic nitrogens is 2. The van der Waals surface area contributed by atoms with Crippen molar-refractivity contribution < 1.29 is 9.59 Å². The summed E-state index contributed by atoms with van der Waals surface area (Å²) in [5.41, 5.74) is 4.18. The van der Waals surface area contributed by atoms with Crippen LogP contribution < -0.4 is 10.2 Å². The molecule has 1 fully saturated rings. The Hall–Kier alpha value is -3.41. The Morgan fingerprint density at radius 3 is 2.50 bits per heavy atom. The van der Waals surface area contributed by atoms with Gasteiger partial charge in [-0.05, 0) is 43.2 Å². The van der Waals surface area contributed by atoms with Gasteiger partial charge >= 0.3 is 0 Å². The third kappa shape index (κ3) is 3.53. The summed E-state index contributed by atoms with van der Waals surface area (Å²) in [6, 6.07) is 17.5. The lowest BCUT2D eigenvalue weighted by Gasteiger charge is -2.16. The first-order chi connectivity index (χ1) is 13.6. The number of benzene rings is 2. The van der Waals surface area contributed by atoms with Gasteiger partial charge in [-0.25, -0.2) is 4.68 Å². The van der Waals surface area contributed by atoms with Gasteiger partial charge in [0.25, 0.3) is 5.91 Å². The molecule has 6 heteroatoms. The van der Waals surface area contributed by atoms with Crippen molar-refractivity contribution in [2.45, 2.75) is 26.3 Å². The van der Waals surface area contributed by atoms with Gasteiger partial charge in [-0.3, -0.25) is 9.59 Å². The topological polar surface area (TPSA) is 67.2 Å². The van der Waals surface area contributed by atoms with E-state index in [2.05, 4.69) is 10.4 Å². The van der Waals surface area contributed by atoms with Crippen molar-refractivity contribution in [1.29, 1.82) is 0 Å². The van der Waals surface area contributed by atoms with E-state index in [1.54, 1.807) is 10.9 Å². The zero-order valence-electron chi connectivity index (χ0n) is 15.8. The predicted molar refractivity (Wildman–Crippen MR) is 108 cm³/mol. The monoisotopic (exact) mass is 374 g/mol. The molecule has 1 aliphatic heterocycles. The number of rotatable bonds is 5. The fraction of sp³-hybridized carbons (Fsp3) is 0.227. The molecule has 2 heterocycles. The molecule has 2 aromatic carbocycles. The quantitative estimate of drug-likeness (QED) is 0.746. The minimum absolute atomic E-state index is 0.154. The van der Waals surface area contributed by atoms with Gasteiger partial charge in [0.05, 0.1) is 23.1 Å². The van der Waals surface area contributed by atoms with Gasteiger partial charge in [-0.1, -0.05) is 30.3 Å². The molecule has 28 heavy (non-hydrogen) atoms. The number of nitrogens with one attached hydrogen (secondary N) is 1. The van der Waals surface area contributed by atoms with E-state index >= 15 is 0 Å². The third-order valence-electron chi connectivity index (χ3n) is 5.03. The molecule has 2 amide bonds. The maximum atomic E-state index is 12.6. The number of carbonyl (C=O) groups is 2. The molecule has 0 unspecified atom stereocenters. The SMILES string of the molecule is Cc1c(C(=O)NCc2ccc(N3CCCC3=O)cc2)cnn1-c1ccccc1. The molecule has 1 aliphatic rings. The Balaban J connectivity index is 1.41. The van der Waals surface area contributed by atoms with E-state index in [1.165, 1.54) is 0 Å².